The molecule has 0 bridgehead atoms. The highest BCUT2D eigenvalue weighted by Gasteiger charge is 2.26. The van der Waals surface area contributed by atoms with Crippen molar-refractivity contribution >= 4 is 17.6 Å². The molecule has 1 heterocycles. The molecule has 2 rings (SSSR count). The van der Waals surface area contributed by atoms with Crippen molar-refractivity contribution in [3.63, 3.8) is 0 Å². The van der Waals surface area contributed by atoms with Gasteiger partial charge in [0, 0.05) is 32.9 Å². The lowest BCUT2D eigenvalue weighted by molar-refractivity contribution is -0.146. The van der Waals surface area contributed by atoms with E-state index in [-0.39, 0.29) is 24.7 Å². The first kappa shape index (κ1) is 17.3. The van der Waals surface area contributed by atoms with Crippen molar-refractivity contribution in [1.29, 1.82) is 0 Å². The van der Waals surface area contributed by atoms with E-state index in [1.54, 1.807) is 17.0 Å². The van der Waals surface area contributed by atoms with E-state index in [2.05, 4.69) is 0 Å². The van der Waals surface area contributed by atoms with Gasteiger partial charge >= 0.3 is 5.97 Å². The average molecular weight is 320 g/mol. The summed E-state index contributed by atoms with van der Waals surface area (Å²) >= 11 is 0. The van der Waals surface area contributed by atoms with Crippen LogP contribution in [0, 0.1) is 0 Å². The van der Waals surface area contributed by atoms with Crippen molar-refractivity contribution in [2.75, 3.05) is 38.7 Å². The molecule has 0 aliphatic carbocycles. The van der Waals surface area contributed by atoms with Crippen molar-refractivity contribution in [1.82, 2.24) is 4.90 Å². The third-order valence-electron chi connectivity index (χ3n) is 3.72. The van der Waals surface area contributed by atoms with Crippen LogP contribution >= 0.6 is 0 Å². The van der Waals surface area contributed by atoms with Crippen LogP contribution in [0.1, 0.15) is 24.2 Å². The fourth-order valence-corrected chi connectivity index (χ4v) is 2.58. The number of esters is 1. The number of hydrogen-bond donors (Lipinski definition) is 0. The monoisotopic (exact) mass is 320 g/mol. The minimum atomic E-state index is -0.488. The summed E-state index contributed by atoms with van der Waals surface area (Å²) in [7, 11) is 3.85. The molecule has 23 heavy (non-hydrogen) atoms. The molecule has 0 saturated carbocycles. The van der Waals surface area contributed by atoms with Gasteiger partial charge in [0.15, 0.2) is 6.61 Å². The Kier molecular flexibility index (Phi) is 5.60. The quantitative estimate of drug-likeness (QED) is 0.788. The van der Waals surface area contributed by atoms with E-state index in [0.717, 1.165) is 5.69 Å². The maximum Gasteiger partial charge on any atom is 0.338 e. The van der Waals surface area contributed by atoms with Crippen LogP contribution < -0.4 is 4.90 Å². The first-order valence-electron chi connectivity index (χ1n) is 7.74. The van der Waals surface area contributed by atoms with Crippen molar-refractivity contribution in [2.24, 2.45) is 0 Å². The number of anilines is 1. The Morgan fingerprint density at radius 2 is 1.74 bits per heavy atom. The molecule has 1 saturated heterocycles. The molecule has 1 amide bonds. The molecule has 6 heteroatoms. The van der Waals surface area contributed by atoms with Crippen LogP contribution in [-0.4, -0.2) is 62.8 Å². The number of carbonyl (C=O) groups is 2. The number of hydrogen-bond acceptors (Lipinski definition) is 5. The first-order chi connectivity index (χ1) is 10.9. The molecule has 1 fully saturated rings. The zero-order chi connectivity index (χ0) is 17.0. The van der Waals surface area contributed by atoms with Gasteiger partial charge in [-0.3, -0.25) is 4.79 Å². The van der Waals surface area contributed by atoms with Crippen molar-refractivity contribution in [2.45, 2.75) is 26.1 Å². The van der Waals surface area contributed by atoms with E-state index in [9.17, 15) is 9.59 Å². The third kappa shape index (κ3) is 4.69. The number of morpholine rings is 1. The van der Waals surface area contributed by atoms with Gasteiger partial charge in [0.2, 0.25) is 0 Å². The van der Waals surface area contributed by atoms with Crippen LogP contribution in [-0.2, 0) is 14.3 Å². The van der Waals surface area contributed by atoms with E-state index >= 15 is 0 Å². The van der Waals surface area contributed by atoms with Gasteiger partial charge < -0.3 is 19.3 Å². The minimum absolute atomic E-state index is 0.00280. The first-order valence-corrected chi connectivity index (χ1v) is 7.74. The number of benzene rings is 1. The Morgan fingerprint density at radius 1 is 1.17 bits per heavy atom. The lowest BCUT2D eigenvalue weighted by atomic mass is 10.2. The smallest absolute Gasteiger partial charge is 0.338 e. The Balaban J connectivity index is 1.87. The average Bonchev–Trinajstić information content (AvgIpc) is 2.51. The second kappa shape index (κ2) is 7.46. The Labute approximate surface area is 137 Å². The predicted molar refractivity (Wildman–Crippen MR) is 87.6 cm³/mol. The van der Waals surface area contributed by atoms with Crippen LogP contribution in [0.15, 0.2) is 24.3 Å². The fraction of sp³-hybridized carbons (Fsp3) is 0.529. The summed E-state index contributed by atoms with van der Waals surface area (Å²) in [5.74, 6) is -0.678. The molecule has 1 aromatic carbocycles. The summed E-state index contributed by atoms with van der Waals surface area (Å²) in [6.07, 6.45) is -0.00559. The van der Waals surface area contributed by atoms with Gasteiger partial charge in [-0.1, -0.05) is 0 Å². The molecule has 0 radical (unpaired) electrons. The number of rotatable bonds is 4. The van der Waals surface area contributed by atoms with E-state index in [0.29, 0.717) is 18.7 Å². The van der Waals surface area contributed by atoms with E-state index in [1.165, 1.54) is 0 Å². The lowest BCUT2D eigenvalue weighted by Gasteiger charge is -2.35. The van der Waals surface area contributed by atoms with Gasteiger partial charge in [-0.25, -0.2) is 4.79 Å². The maximum atomic E-state index is 12.2. The maximum absolute atomic E-state index is 12.2. The van der Waals surface area contributed by atoms with Crippen molar-refractivity contribution in [3.05, 3.63) is 29.8 Å². The molecule has 1 aliphatic rings. The zero-order valence-electron chi connectivity index (χ0n) is 14.1. The van der Waals surface area contributed by atoms with Crippen molar-refractivity contribution in [3.8, 4) is 0 Å². The molecule has 6 nitrogen and oxygen atoms in total. The number of carbonyl (C=O) groups excluding carboxylic acids is 2. The highest BCUT2D eigenvalue weighted by Crippen LogP contribution is 2.14. The Hall–Kier alpha value is -2.08. The second-order valence-corrected chi connectivity index (χ2v) is 6.07. The predicted octanol–water partition coefficient (Wildman–Crippen LogP) is 1.55. The van der Waals surface area contributed by atoms with Gasteiger partial charge in [-0.2, -0.15) is 0 Å². The summed E-state index contributed by atoms with van der Waals surface area (Å²) in [6, 6.07) is 7.07. The van der Waals surface area contributed by atoms with E-state index in [4.69, 9.17) is 9.47 Å². The summed E-state index contributed by atoms with van der Waals surface area (Å²) in [4.78, 5) is 27.8. The van der Waals surface area contributed by atoms with Crippen LogP contribution in [0.25, 0.3) is 0 Å². The Bertz CT molecular complexity index is 546. The topological polar surface area (TPSA) is 59.1 Å². The molecule has 0 N–H and O–H groups in total. The molecule has 1 aromatic rings. The van der Waals surface area contributed by atoms with Gasteiger partial charge in [0.1, 0.15) is 0 Å². The number of amides is 1. The highest BCUT2D eigenvalue weighted by atomic mass is 16.5. The molecule has 0 unspecified atom stereocenters. The molecule has 126 valence electrons. The highest BCUT2D eigenvalue weighted by molar-refractivity contribution is 5.91. The zero-order valence-corrected chi connectivity index (χ0v) is 14.1. The van der Waals surface area contributed by atoms with Gasteiger partial charge in [0.25, 0.3) is 5.91 Å². The molecular weight excluding hydrogens is 296 g/mol. The van der Waals surface area contributed by atoms with Crippen LogP contribution in [0.2, 0.25) is 0 Å². The lowest BCUT2D eigenvalue weighted by Crippen LogP contribution is -2.49. The molecule has 1 aliphatic heterocycles. The SMILES string of the molecule is C[C@H]1CN(C(=O)COC(=O)c2ccc(N(C)C)cc2)C[C@H](C)O1. The summed E-state index contributed by atoms with van der Waals surface area (Å²) in [6.45, 7) is 4.66. The van der Waals surface area contributed by atoms with Crippen LogP contribution in [0.3, 0.4) is 0 Å². The fourth-order valence-electron chi connectivity index (χ4n) is 2.58. The van der Waals surface area contributed by atoms with Crippen molar-refractivity contribution < 1.29 is 19.1 Å². The third-order valence-corrected chi connectivity index (χ3v) is 3.72. The normalized spacial score (nSPS) is 21.0. The van der Waals surface area contributed by atoms with Gasteiger partial charge in [-0.15, -0.1) is 0 Å². The standard InChI is InChI=1S/C17H24N2O4/c1-12-9-19(10-13(2)23-12)16(20)11-22-17(21)14-5-7-15(8-6-14)18(3)4/h5-8,12-13H,9-11H2,1-4H3/t12-,13-/m0/s1. The molecule has 0 aromatic heterocycles. The molecular formula is C17H24N2O4. The summed E-state index contributed by atoms with van der Waals surface area (Å²) < 4.78 is 10.7. The second-order valence-electron chi connectivity index (χ2n) is 6.07. The Morgan fingerprint density at radius 3 is 2.26 bits per heavy atom. The summed E-state index contributed by atoms with van der Waals surface area (Å²) in [5.41, 5.74) is 1.43. The van der Waals surface area contributed by atoms with E-state index < -0.39 is 5.97 Å². The van der Waals surface area contributed by atoms with Crippen LogP contribution in [0.4, 0.5) is 5.69 Å². The molecule has 2 atom stereocenters. The summed E-state index contributed by atoms with van der Waals surface area (Å²) in [5, 5.41) is 0. The minimum Gasteiger partial charge on any atom is -0.452 e. The molecule has 0 spiro atoms. The number of nitrogens with zero attached hydrogens (tertiary/aromatic N) is 2. The van der Waals surface area contributed by atoms with Crippen LogP contribution in [0.5, 0.6) is 0 Å². The van der Waals surface area contributed by atoms with E-state index in [1.807, 2.05) is 45.0 Å². The largest absolute Gasteiger partial charge is 0.452 e. The van der Waals surface area contributed by atoms with Gasteiger partial charge in [-0.05, 0) is 38.1 Å². The number of ether oxygens (including phenoxy) is 2. The van der Waals surface area contributed by atoms with Gasteiger partial charge in [0.05, 0.1) is 17.8 Å².